The van der Waals surface area contributed by atoms with Gasteiger partial charge >= 0.3 is 5.97 Å². The number of nitrogens with one attached hydrogen (secondary N) is 1. The van der Waals surface area contributed by atoms with Crippen molar-refractivity contribution in [1.29, 1.82) is 0 Å². The first kappa shape index (κ1) is 81.8. The summed E-state index contributed by atoms with van der Waals surface area (Å²) < 4.78 is 30.5. The second-order valence-electron chi connectivity index (χ2n) is 26.8. The van der Waals surface area contributed by atoms with Gasteiger partial charge in [-0.2, -0.15) is 0 Å². The number of phosphoric ester groups is 1. The highest BCUT2D eigenvalue weighted by Gasteiger charge is 2.27. The number of rotatable bonds is 69. The monoisotopic (exact) mass is 1190 g/mol. The smallest absolute Gasteiger partial charge is 0.306 e. The van der Waals surface area contributed by atoms with E-state index in [-0.39, 0.29) is 31.5 Å². The van der Waals surface area contributed by atoms with Crippen LogP contribution in [0.3, 0.4) is 0 Å². The molecule has 9 nitrogen and oxygen atoms in total. The Kier molecular flexibility index (Phi) is 62.8. The number of quaternary nitrogens is 1. The molecule has 0 aliphatic rings. The van der Waals surface area contributed by atoms with Gasteiger partial charge in [0.05, 0.1) is 33.8 Å². The highest BCUT2D eigenvalue weighted by Crippen LogP contribution is 2.38. The third-order valence-electron chi connectivity index (χ3n) is 17.2. The zero-order valence-electron chi connectivity index (χ0n) is 56.7. The van der Waals surface area contributed by atoms with Gasteiger partial charge in [-0.1, -0.05) is 361 Å². The molecular weight excluding hydrogens is 1050 g/mol. The Labute approximate surface area is 518 Å². The van der Waals surface area contributed by atoms with Crippen molar-refractivity contribution in [2.45, 2.75) is 405 Å². The number of hydrogen-bond acceptors (Lipinski definition) is 7. The normalized spacial score (nSPS) is 13.5. The molecule has 1 amide bonds. The van der Waals surface area contributed by atoms with E-state index in [1.54, 1.807) is 0 Å². The van der Waals surface area contributed by atoms with Gasteiger partial charge in [0.25, 0.3) is 7.82 Å². The van der Waals surface area contributed by atoms with E-state index in [4.69, 9.17) is 13.8 Å². The van der Waals surface area contributed by atoms with Gasteiger partial charge in [0.1, 0.15) is 19.3 Å². The Bertz CT molecular complexity index is 1420. The predicted octanol–water partition coefficient (Wildman–Crippen LogP) is 22.8. The van der Waals surface area contributed by atoms with Crippen LogP contribution in [0.4, 0.5) is 0 Å². The van der Waals surface area contributed by atoms with Gasteiger partial charge in [-0.3, -0.25) is 14.2 Å². The quantitative estimate of drug-likeness (QED) is 0.0212. The molecular formula is C73H145N2O7P. The van der Waals surface area contributed by atoms with E-state index in [2.05, 4.69) is 26.1 Å². The summed E-state index contributed by atoms with van der Waals surface area (Å²) in [5, 5.41) is 3.05. The molecule has 0 rings (SSSR count). The van der Waals surface area contributed by atoms with Crippen molar-refractivity contribution < 1.29 is 37.3 Å². The van der Waals surface area contributed by atoms with E-state index in [1.807, 2.05) is 33.3 Å². The minimum Gasteiger partial charge on any atom is -0.756 e. The number of likely N-dealkylation sites (N-methyl/N-ethyl adjacent to an activating group) is 1. The molecule has 3 atom stereocenters. The van der Waals surface area contributed by atoms with Crippen molar-refractivity contribution in [2.75, 3.05) is 40.9 Å². The van der Waals surface area contributed by atoms with Crippen LogP contribution in [0.25, 0.3) is 0 Å². The van der Waals surface area contributed by atoms with Crippen LogP contribution >= 0.6 is 7.82 Å². The highest BCUT2D eigenvalue weighted by molar-refractivity contribution is 7.45. The van der Waals surface area contributed by atoms with Crippen LogP contribution in [0.1, 0.15) is 393 Å². The fraction of sp³-hybridized carbons (Fsp3) is 0.945. The van der Waals surface area contributed by atoms with E-state index < -0.39 is 20.0 Å². The number of unbranched alkanes of at least 4 members (excludes halogenated alkanes) is 53. The van der Waals surface area contributed by atoms with Crippen molar-refractivity contribution in [2.24, 2.45) is 0 Å². The van der Waals surface area contributed by atoms with Crippen molar-refractivity contribution in [3.63, 3.8) is 0 Å². The summed E-state index contributed by atoms with van der Waals surface area (Å²) in [5.41, 5.74) is 0. The van der Waals surface area contributed by atoms with Crippen LogP contribution in [0.5, 0.6) is 0 Å². The first-order valence-electron chi connectivity index (χ1n) is 37.0. The summed E-state index contributed by atoms with van der Waals surface area (Å²) in [7, 11) is 1.21. The van der Waals surface area contributed by atoms with Gasteiger partial charge in [-0.25, -0.2) is 0 Å². The molecule has 10 heteroatoms. The standard InChI is InChI=1S/C73H145N2O7P/c1-7-10-13-16-19-22-25-28-30-32-33-34-35-36-37-38-39-40-41-43-45-48-51-54-57-60-63-66-73(77)82-71(64-61-58-55-52-49-46-27-24-21-18-15-12-9-3)70(69-81-83(78,79)80-68-67-75(4,5)6)74-72(76)65-62-59-56-53-50-47-44-42-31-29-26-23-20-17-14-11-8-2/h61,64,70-71H,7-60,62-63,65-69H2,1-6H3,(H-,74,76,78,79)/b64-61-. The number of carbonyl (C=O) groups excluding carboxylic acids is 2. The lowest BCUT2D eigenvalue weighted by Gasteiger charge is -2.30. The fourth-order valence-corrected chi connectivity index (χ4v) is 12.3. The zero-order chi connectivity index (χ0) is 60.7. The van der Waals surface area contributed by atoms with Crippen LogP contribution in [0.15, 0.2) is 12.2 Å². The Morgan fingerprint density at radius 2 is 0.687 bits per heavy atom. The number of carbonyl (C=O) groups is 2. The summed E-state index contributed by atoms with van der Waals surface area (Å²) in [4.78, 5) is 40.2. The lowest BCUT2D eigenvalue weighted by atomic mass is 10.0. The number of amides is 1. The van der Waals surface area contributed by atoms with Gasteiger partial charge in [0, 0.05) is 12.8 Å². The summed E-state index contributed by atoms with van der Waals surface area (Å²) >= 11 is 0. The Hall–Kier alpha value is -1.25. The summed E-state index contributed by atoms with van der Waals surface area (Å²) in [6.07, 6.45) is 76.3. The maximum Gasteiger partial charge on any atom is 0.306 e. The van der Waals surface area contributed by atoms with E-state index in [0.717, 1.165) is 57.8 Å². The molecule has 0 saturated carbocycles. The molecule has 3 unspecified atom stereocenters. The van der Waals surface area contributed by atoms with Crippen molar-refractivity contribution in [3.05, 3.63) is 12.2 Å². The third kappa shape index (κ3) is 65.0. The van der Waals surface area contributed by atoms with E-state index in [9.17, 15) is 19.0 Å². The maximum atomic E-state index is 13.6. The molecule has 0 aliphatic heterocycles. The molecule has 83 heavy (non-hydrogen) atoms. The van der Waals surface area contributed by atoms with Crippen LogP contribution in [0.2, 0.25) is 0 Å². The summed E-state index contributed by atoms with van der Waals surface area (Å²) in [6.45, 7) is 6.93. The van der Waals surface area contributed by atoms with Crippen LogP contribution in [-0.2, 0) is 27.9 Å². The fourth-order valence-electron chi connectivity index (χ4n) is 11.5. The Morgan fingerprint density at radius 3 is 0.988 bits per heavy atom. The van der Waals surface area contributed by atoms with Crippen molar-refractivity contribution in [3.8, 4) is 0 Å². The molecule has 0 heterocycles. The van der Waals surface area contributed by atoms with Crippen LogP contribution in [-0.4, -0.2) is 69.4 Å². The number of ether oxygens (including phenoxy) is 1. The van der Waals surface area contributed by atoms with Gasteiger partial charge in [0.15, 0.2) is 0 Å². The predicted molar refractivity (Wildman–Crippen MR) is 358 cm³/mol. The molecule has 0 spiro atoms. The Balaban J connectivity index is 4.96. The van der Waals surface area contributed by atoms with Gasteiger partial charge in [-0.05, 0) is 31.8 Å². The van der Waals surface area contributed by atoms with Crippen LogP contribution in [0, 0.1) is 0 Å². The zero-order valence-corrected chi connectivity index (χ0v) is 57.6. The molecule has 1 N–H and O–H groups in total. The number of esters is 1. The second-order valence-corrected chi connectivity index (χ2v) is 28.2. The molecule has 0 bridgehead atoms. The lowest BCUT2D eigenvalue weighted by Crippen LogP contribution is -2.47. The van der Waals surface area contributed by atoms with Gasteiger partial charge < -0.3 is 28.5 Å². The minimum absolute atomic E-state index is 0.0163. The van der Waals surface area contributed by atoms with Gasteiger partial charge in [-0.15, -0.1) is 0 Å². The molecule has 0 radical (unpaired) electrons. The van der Waals surface area contributed by atoms with E-state index >= 15 is 0 Å². The van der Waals surface area contributed by atoms with Crippen molar-refractivity contribution in [1.82, 2.24) is 5.32 Å². The number of allylic oxidation sites excluding steroid dienone is 1. The van der Waals surface area contributed by atoms with E-state index in [1.165, 1.54) is 302 Å². The number of nitrogens with zero attached hydrogens (tertiary/aromatic N) is 1. The highest BCUT2D eigenvalue weighted by atomic mass is 31.2. The molecule has 0 aromatic heterocycles. The maximum absolute atomic E-state index is 13.6. The molecule has 0 fully saturated rings. The van der Waals surface area contributed by atoms with Crippen LogP contribution < -0.4 is 10.2 Å². The minimum atomic E-state index is -4.70. The molecule has 494 valence electrons. The van der Waals surface area contributed by atoms with Gasteiger partial charge in [0.2, 0.25) is 5.91 Å². The topological polar surface area (TPSA) is 114 Å². The number of phosphoric acid groups is 1. The molecule has 0 aliphatic carbocycles. The number of hydrogen-bond donors (Lipinski definition) is 1. The second kappa shape index (κ2) is 63.8. The largest absolute Gasteiger partial charge is 0.756 e. The summed E-state index contributed by atoms with van der Waals surface area (Å²) in [5.74, 6) is -0.512. The average Bonchev–Trinajstić information content (AvgIpc) is 3.47. The molecule has 0 aromatic rings. The first-order valence-corrected chi connectivity index (χ1v) is 38.5. The lowest BCUT2D eigenvalue weighted by molar-refractivity contribution is -0.870. The molecule has 0 aromatic carbocycles. The van der Waals surface area contributed by atoms with Crippen molar-refractivity contribution >= 4 is 19.7 Å². The average molecular weight is 1190 g/mol. The SMILES string of the molecule is CCCCCCCCCCCCC/C=C\C(OC(=O)CCCCCCCCCCCCCCCCCCCCCCCCCCCCC)C(COP(=O)([O-])OCC[N+](C)(C)C)NC(=O)CCCCCCCCCCCCCCCCCCC. The molecule has 0 saturated heterocycles. The third-order valence-corrected chi connectivity index (χ3v) is 18.2. The first-order chi connectivity index (χ1) is 40.4. The Morgan fingerprint density at radius 1 is 0.410 bits per heavy atom. The summed E-state index contributed by atoms with van der Waals surface area (Å²) in [6, 6.07) is -0.881. The van der Waals surface area contributed by atoms with E-state index in [0.29, 0.717) is 17.4 Å².